The predicted molar refractivity (Wildman–Crippen MR) is 79.6 cm³/mol. The Balaban J connectivity index is 2.03. The number of unbranched alkanes of at least 4 members (excludes halogenated alkanes) is 1. The molecule has 0 saturated heterocycles. The maximum atomic E-state index is 11.8. The van der Waals surface area contributed by atoms with Crippen molar-refractivity contribution in [2.24, 2.45) is 7.05 Å². The van der Waals surface area contributed by atoms with Crippen molar-refractivity contribution in [3.63, 3.8) is 0 Å². The molecule has 1 heterocycles. The number of nitrogens with zero attached hydrogens (tertiary/aromatic N) is 3. The van der Waals surface area contributed by atoms with Crippen LogP contribution in [0.3, 0.4) is 0 Å². The smallest absolute Gasteiger partial charge is 0.224 e. The van der Waals surface area contributed by atoms with Crippen LogP contribution in [0.2, 0.25) is 0 Å². The fourth-order valence-electron chi connectivity index (χ4n) is 1.88. The van der Waals surface area contributed by atoms with Gasteiger partial charge in [0.25, 0.3) is 0 Å². The molecular weight excluding hydrogens is 276 g/mol. The predicted octanol–water partition coefficient (Wildman–Crippen LogP) is 2.83. The van der Waals surface area contributed by atoms with E-state index in [-0.39, 0.29) is 5.91 Å². The fraction of sp³-hybridized carbons (Fsp3) is 0.357. The molecular formula is C14H17ClN4O. The number of rotatable bonds is 6. The minimum atomic E-state index is 0.00484. The van der Waals surface area contributed by atoms with Gasteiger partial charge in [0, 0.05) is 30.6 Å². The summed E-state index contributed by atoms with van der Waals surface area (Å²) in [5.41, 5.74) is 1.69. The lowest BCUT2D eigenvalue weighted by molar-refractivity contribution is -0.116. The topological polar surface area (TPSA) is 59.8 Å². The number of benzene rings is 1. The minimum Gasteiger partial charge on any atom is -0.326 e. The highest BCUT2D eigenvalue weighted by Gasteiger charge is 2.07. The molecule has 20 heavy (non-hydrogen) atoms. The second-order valence-electron chi connectivity index (χ2n) is 4.54. The van der Waals surface area contributed by atoms with Gasteiger partial charge in [-0.05, 0) is 25.0 Å². The van der Waals surface area contributed by atoms with E-state index in [9.17, 15) is 4.79 Å². The van der Waals surface area contributed by atoms with E-state index in [1.165, 1.54) is 0 Å². The van der Waals surface area contributed by atoms with Gasteiger partial charge in [0.05, 0.1) is 0 Å². The van der Waals surface area contributed by atoms with E-state index < -0.39 is 0 Å². The van der Waals surface area contributed by atoms with Crippen molar-refractivity contribution in [1.82, 2.24) is 14.8 Å². The number of hydrogen-bond acceptors (Lipinski definition) is 3. The molecule has 2 rings (SSSR count). The number of carbonyl (C=O) groups excluding carboxylic acids is 1. The summed E-state index contributed by atoms with van der Waals surface area (Å²) >= 11 is 5.59. The molecule has 5 nitrogen and oxygen atoms in total. The summed E-state index contributed by atoms with van der Waals surface area (Å²) in [5.74, 6) is 1.36. The third-order valence-electron chi connectivity index (χ3n) is 2.90. The summed E-state index contributed by atoms with van der Waals surface area (Å²) in [4.78, 5) is 11.8. The average molecular weight is 293 g/mol. The van der Waals surface area contributed by atoms with Crippen molar-refractivity contribution in [1.29, 1.82) is 0 Å². The Morgan fingerprint density at radius 3 is 2.95 bits per heavy atom. The molecule has 6 heteroatoms. The molecule has 0 aliphatic carbocycles. The molecule has 0 radical (unpaired) electrons. The fourth-order valence-corrected chi connectivity index (χ4v) is 2.07. The van der Waals surface area contributed by atoms with Gasteiger partial charge >= 0.3 is 0 Å². The summed E-state index contributed by atoms with van der Waals surface area (Å²) < 4.78 is 1.83. The van der Waals surface area contributed by atoms with Gasteiger partial charge in [-0.15, -0.1) is 21.8 Å². The number of aryl methyl sites for hydroxylation is 1. The number of aromatic nitrogens is 3. The van der Waals surface area contributed by atoms with Crippen LogP contribution in [0.15, 0.2) is 30.6 Å². The zero-order valence-corrected chi connectivity index (χ0v) is 12.1. The zero-order valence-electron chi connectivity index (χ0n) is 11.3. The first-order chi connectivity index (χ1) is 9.70. The lowest BCUT2D eigenvalue weighted by Crippen LogP contribution is -2.11. The number of halogens is 1. The summed E-state index contributed by atoms with van der Waals surface area (Å²) in [5, 5.41) is 10.8. The third kappa shape index (κ3) is 3.81. The molecule has 1 aromatic carbocycles. The Kier molecular flexibility index (Phi) is 5.12. The monoisotopic (exact) mass is 292 g/mol. The standard InChI is InChI=1S/C14H17ClN4O/c1-19-10-16-18-14(19)11-5-4-6-12(9-11)17-13(20)7-2-3-8-15/h4-6,9-10H,2-3,7-8H2,1H3,(H,17,20). The Hall–Kier alpha value is -1.88. The number of alkyl halides is 1. The van der Waals surface area contributed by atoms with E-state index in [0.29, 0.717) is 12.3 Å². The van der Waals surface area contributed by atoms with Crippen LogP contribution in [0.1, 0.15) is 19.3 Å². The van der Waals surface area contributed by atoms with Crippen LogP contribution in [0.25, 0.3) is 11.4 Å². The van der Waals surface area contributed by atoms with Crippen LogP contribution in [-0.2, 0) is 11.8 Å². The largest absolute Gasteiger partial charge is 0.326 e. The van der Waals surface area contributed by atoms with E-state index in [1.54, 1.807) is 6.33 Å². The summed E-state index contributed by atoms with van der Waals surface area (Å²) in [6.07, 6.45) is 3.79. The van der Waals surface area contributed by atoms with E-state index in [2.05, 4.69) is 15.5 Å². The lowest BCUT2D eigenvalue weighted by atomic mass is 10.2. The van der Waals surface area contributed by atoms with Crippen LogP contribution in [0, 0.1) is 0 Å². The summed E-state index contributed by atoms with van der Waals surface area (Å²) in [6, 6.07) is 7.58. The molecule has 0 unspecified atom stereocenters. The van der Waals surface area contributed by atoms with E-state index in [1.807, 2.05) is 35.9 Å². The van der Waals surface area contributed by atoms with Crippen LogP contribution in [0.4, 0.5) is 5.69 Å². The van der Waals surface area contributed by atoms with Gasteiger partial charge in [0.15, 0.2) is 5.82 Å². The normalized spacial score (nSPS) is 10.5. The Labute approximate surface area is 123 Å². The molecule has 0 aliphatic rings. The molecule has 0 aliphatic heterocycles. The van der Waals surface area contributed by atoms with Crippen LogP contribution < -0.4 is 5.32 Å². The Morgan fingerprint density at radius 2 is 2.25 bits per heavy atom. The van der Waals surface area contributed by atoms with Crippen molar-refractivity contribution in [2.75, 3.05) is 11.2 Å². The van der Waals surface area contributed by atoms with Gasteiger partial charge < -0.3 is 9.88 Å². The number of hydrogen-bond donors (Lipinski definition) is 1. The zero-order chi connectivity index (χ0) is 14.4. The van der Waals surface area contributed by atoms with Crippen LogP contribution in [-0.4, -0.2) is 26.6 Å². The third-order valence-corrected chi connectivity index (χ3v) is 3.17. The lowest BCUT2D eigenvalue weighted by Gasteiger charge is -2.07. The molecule has 0 fully saturated rings. The highest BCUT2D eigenvalue weighted by atomic mass is 35.5. The number of carbonyl (C=O) groups is 1. The SMILES string of the molecule is Cn1cnnc1-c1cccc(NC(=O)CCCCCl)c1. The van der Waals surface area contributed by atoms with Crippen molar-refractivity contribution >= 4 is 23.2 Å². The number of anilines is 1. The molecule has 0 atom stereocenters. The van der Waals surface area contributed by atoms with Crippen LogP contribution >= 0.6 is 11.6 Å². The van der Waals surface area contributed by atoms with E-state index >= 15 is 0 Å². The van der Waals surface area contributed by atoms with E-state index in [0.717, 1.165) is 29.9 Å². The van der Waals surface area contributed by atoms with Gasteiger partial charge in [0.2, 0.25) is 5.91 Å². The quantitative estimate of drug-likeness (QED) is 0.658. The molecule has 0 spiro atoms. The summed E-state index contributed by atoms with van der Waals surface area (Å²) in [6.45, 7) is 0. The molecule has 1 amide bonds. The highest BCUT2D eigenvalue weighted by molar-refractivity contribution is 6.17. The van der Waals surface area contributed by atoms with Crippen LogP contribution in [0.5, 0.6) is 0 Å². The maximum Gasteiger partial charge on any atom is 0.224 e. The van der Waals surface area contributed by atoms with Gasteiger partial charge in [-0.3, -0.25) is 4.79 Å². The number of nitrogens with one attached hydrogen (secondary N) is 1. The molecule has 0 saturated carbocycles. The molecule has 2 aromatic rings. The Bertz CT molecular complexity index is 582. The minimum absolute atomic E-state index is 0.00484. The molecule has 0 bridgehead atoms. The van der Waals surface area contributed by atoms with Crippen molar-refractivity contribution in [2.45, 2.75) is 19.3 Å². The first kappa shape index (κ1) is 14.5. The maximum absolute atomic E-state index is 11.8. The van der Waals surface area contributed by atoms with Gasteiger partial charge in [-0.1, -0.05) is 12.1 Å². The highest BCUT2D eigenvalue weighted by Crippen LogP contribution is 2.20. The average Bonchev–Trinajstić information content (AvgIpc) is 2.85. The Morgan fingerprint density at radius 1 is 1.40 bits per heavy atom. The van der Waals surface area contributed by atoms with Gasteiger partial charge in [-0.2, -0.15) is 0 Å². The first-order valence-corrected chi connectivity index (χ1v) is 7.04. The van der Waals surface area contributed by atoms with Gasteiger partial charge in [0.1, 0.15) is 6.33 Å². The number of amides is 1. The van der Waals surface area contributed by atoms with E-state index in [4.69, 9.17) is 11.6 Å². The second kappa shape index (κ2) is 7.05. The van der Waals surface area contributed by atoms with Crippen molar-refractivity contribution in [3.8, 4) is 11.4 Å². The molecule has 1 N–H and O–H groups in total. The summed E-state index contributed by atoms with van der Waals surface area (Å²) in [7, 11) is 1.88. The van der Waals surface area contributed by atoms with Crippen molar-refractivity contribution in [3.05, 3.63) is 30.6 Å². The van der Waals surface area contributed by atoms with Crippen molar-refractivity contribution < 1.29 is 4.79 Å². The van der Waals surface area contributed by atoms with Gasteiger partial charge in [-0.25, -0.2) is 0 Å². The first-order valence-electron chi connectivity index (χ1n) is 6.51. The molecule has 106 valence electrons. The molecule has 1 aromatic heterocycles. The second-order valence-corrected chi connectivity index (χ2v) is 4.92.